The van der Waals surface area contributed by atoms with Crippen LogP contribution in [-0.2, 0) is 4.79 Å². The molecule has 7 nitrogen and oxygen atoms in total. The summed E-state index contributed by atoms with van der Waals surface area (Å²) in [6.07, 6.45) is 1.69. The molecular weight excluding hydrogens is 370 g/mol. The Morgan fingerprint density at radius 2 is 1.66 bits per heavy atom. The summed E-state index contributed by atoms with van der Waals surface area (Å²) in [5.41, 5.74) is 1.32. The standard InChI is InChI=1S/C22H27N3O4/c1-28-19-7-3-5-16(13-19)22(27)24-17-9-11-25(12-10-17)15-21(26)23-18-6-4-8-20(14-18)29-2/h3-8,13-14,17H,9-12,15H2,1-2H3,(H,23,26)(H,24,27)/p+1. The van der Waals surface area contributed by atoms with E-state index in [1.165, 1.54) is 4.90 Å². The maximum atomic E-state index is 12.4. The van der Waals surface area contributed by atoms with Gasteiger partial charge in [-0.2, -0.15) is 0 Å². The first-order valence-corrected chi connectivity index (χ1v) is 9.80. The molecule has 2 aromatic carbocycles. The van der Waals surface area contributed by atoms with Gasteiger partial charge in [0.1, 0.15) is 11.5 Å². The molecule has 0 unspecified atom stereocenters. The topological polar surface area (TPSA) is 81.1 Å². The molecule has 0 radical (unpaired) electrons. The Morgan fingerprint density at radius 1 is 1.00 bits per heavy atom. The van der Waals surface area contributed by atoms with Crippen LogP contribution in [0.2, 0.25) is 0 Å². The van der Waals surface area contributed by atoms with E-state index in [0.717, 1.165) is 31.6 Å². The molecule has 0 bridgehead atoms. The van der Waals surface area contributed by atoms with E-state index in [2.05, 4.69) is 10.6 Å². The van der Waals surface area contributed by atoms with Crippen LogP contribution in [0, 0.1) is 0 Å². The van der Waals surface area contributed by atoms with Gasteiger partial charge in [0.2, 0.25) is 0 Å². The highest BCUT2D eigenvalue weighted by Crippen LogP contribution is 2.16. The monoisotopic (exact) mass is 398 g/mol. The Bertz CT molecular complexity index is 847. The van der Waals surface area contributed by atoms with Crippen LogP contribution in [0.15, 0.2) is 48.5 Å². The fourth-order valence-electron chi connectivity index (χ4n) is 3.51. The Labute approximate surface area is 171 Å². The average molecular weight is 398 g/mol. The maximum absolute atomic E-state index is 12.4. The van der Waals surface area contributed by atoms with Gasteiger partial charge in [0, 0.05) is 36.2 Å². The Hall–Kier alpha value is -3.06. The van der Waals surface area contributed by atoms with Crippen LogP contribution in [0.25, 0.3) is 0 Å². The molecule has 3 rings (SSSR count). The van der Waals surface area contributed by atoms with Crippen LogP contribution in [-0.4, -0.2) is 51.7 Å². The number of likely N-dealkylation sites (tertiary alicyclic amines) is 1. The zero-order valence-electron chi connectivity index (χ0n) is 16.9. The molecule has 0 saturated carbocycles. The zero-order chi connectivity index (χ0) is 20.6. The van der Waals surface area contributed by atoms with Crippen molar-refractivity contribution in [1.82, 2.24) is 5.32 Å². The van der Waals surface area contributed by atoms with Gasteiger partial charge in [-0.15, -0.1) is 0 Å². The van der Waals surface area contributed by atoms with Gasteiger partial charge < -0.3 is 25.0 Å². The van der Waals surface area contributed by atoms with E-state index in [9.17, 15) is 9.59 Å². The molecule has 0 aromatic heterocycles. The smallest absolute Gasteiger partial charge is 0.279 e. The summed E-state index contributed by atoms with van der Waals surface area (Å²) in [6.45, 7) is 2.09. The quantitative estimate of drug-likeness (QED) is 0.653. The number of carbonyl (C=O) groups excluding carboxylic acids is 2. The number of ether oxygens (including phenoxy) is 2. The molecule has 0 spiro atoms. The summed E-state index contributed by atoms with van der Waals surface area (Å²) in [7, 11) is 3.18. The number of methoxy groups -OCH3 is 2. The summed E-state index contributed by atoms with van der Waals surface area (Å²) < 4.78 is 10.4. The first-order chi connectivity index (χ1) is 14.1. The number of hydrogen-bond donors (Lipinski definition) is 3. The van der Waals surface area contributed by atoms with Crippen molar-refractivity contribution in [3.05, 3.63) is 54.1 Å². The molecule has 2 amide bonds. The second kappa shape index (κ2) is 9.93. The number of anilines is 1. The summed E-state index contributed by atoms with van der Waals surface area (Å²) in [4.78, 5) is 26.0. The molecule has 154 valence electrons. The van der Waals surface area contributed by atoms with E-state index in [4.69, 9.17) is 9.47 Å². The second-order valence-electron chi connectivity index (χ2n) is 7.19. The highest BCUT2D eigenvalue weighted by Gasteiger charge is 2.25. The van der Waals surface area contributed by atoms with Crippen molar-refractivity contribution in [3.8, 4) is 11.5 Å². The second-order valence-corrected chi connectivity index (χ2v) is 7.19. The first kappa shape index (κ1) is 20.7. The number of benzene rings is 2. The van der Waals surface area contributed by atoms with Crippen LogP contribution in [0.1, 0.15) is 23.2 Å². The third-order valence-corrected chi connectivity index (χ3v) is 5.12. The largest absolute Gasteiger partial charge is 0.497 e. The normalized spacial score (nSPS) is 18.6. The maximum Gasteiger partial charge on any atom is 0.279 e. The van der Waals surface area contributed by atoms with Gasteiger partial charge in [-0.1, -0.05) is 12.1 Å². The summed E-state index contributed by atoms with van der Waals surface area (Å²) in [5, 5.41) is 6.01. The van der Waals surface area contributed by atoms with E-state index in [1.807, 2.05) is 24.3 Å². The molecule has 1 fully saturated rings. The summed E-state index contributed by atoms with van der Waals surface area (Å²) >= 11 is 0. The predicted octanol–water partition coefficient (Wildman–Crippen LogP) is 1.12. The number of quaternary nitrogens is 1. The van der Waals surface area contributed by atoms with Crippen molar-refractivity contribution in [2.24, 2.45) is 0 Å². The highest BCUT2D eigenvalue weighted by atomic mass is 16.5. The molecule has 1 saturated heterocycles. The van der Waals surface area contributed by atoms with Crippen molar-refractivity contribution in [2.75, 3.05) is 39.2 Å². The third kappa shape index (κ3) is 5.96. The lowest BCUT2D eigenvalue weighted by Gasteiger charge is -2.29. The van der Waals surface area contributed by atoms with Gasteiger partial charge >= 0.3 is 0 Å². The Morgan fingerprint density at radius 3 is 2.34 bits per heavy atom. The van der Waals surface area contributed by atoms with Gasteiger partial charge in [-0.05, 0) is 30.3 Å². The van der Waals surface area contributed by atoms with Crippen LogP contribution >= 0.6 is 0 Å². The SMILES string of the molecule is COc1cccc(NC(=O)C[NH+]2CCC(NC(=O)c3cccc(OC)c3)CC2)c1. The molecule has 29 heavy (non-hydrogen) atoms. The zero-order valence-corrected chi connectivity index (χ0v) is 16.9. The van der Waals surface area contributed by atoms with Crippen LogP contribution in [0.5, 0.6) is 11.5 Å². The minimum atomic E-state index is -0.0897. The van der Waals surface area contributed by atoms with Gasteiger partial charge in [0.05, 0.1) is 27.3 Å². The molecule has 0 atom stereocenters. The highest BCUT2D eigenvalue weighted by molar-refractivity contribution is 5.94. The minimum Gasteiger partial charge on any atom is -0.497 e. The molecule has 1 aliphatic rings. The van der Waals surface area contributed by atoms with Crippen molar-refractivity contribution in [2.45, 2.75) is 18.9 Å². The molecule has 2 aromatic rings. The van der Waals surface area contributed by atoms with Crippen LogP contribution in [0.4, 0.5) is 5.69 Å². The van der Waals surface area contributed by atoms with E-state index in [-0.39, 0.29) is 17.9 Å². The summed E-state index contributed by atoms with van der Waals surface area (Å²) in [5.74, 6) is 1.27. The van der Waals surface area contributed by atoms with Gasteiger partial charge in [-0.25, -0.2) is 0 Å². The summed E-state index contributed by atoms with van der Waals surface area (Å²) in [6, 6.07) is 14.6. The number of carbonyl (C=O) groups is 2. The van der Waals surface area contributed by atoms with Crippen LogP contribution < -0.4 is 25.0 Å². The number of amides is 2. The van der Waals surface area contributed by atoms with Gasteiger partial charge in [-0.3, -0.25) is 9.59 Å². The molecule has 1 heterocycles. The van der Waals surface area contributed by atoms with Crippen molar-refractivity contribution < 1.29 is 24.0 Å². The van der Waals surface area contributed by atoms with Gasteiger partial charge in [0.15, 0.2) is 6.54 Å². The first-order valence-electron chi connectivity index (χ1n) is 9.80. The lowest BCUT2D eigenvalue weighted by atomic mass is 10.0. The molecule has 0 aliphatic carbocycles. The van der Waals surface area contributed by atoms with E-state index >= 15 is 0 Å². The van der Waals surface area contributed by atoms with Gasteiger partial charge in [0.25, 0.3) is 11.8 Å². The van der Waals surface area contributed by atoms with Crippen LogP contribution in [0.3, 0.4) is 0 Å². The number of nitrogens with one attached hydrogen (secondary N) is 3. The predicted molar refractivity (Wildman–Crippen MR) is 111 cm³/mol. The fourth-order valence-corrected chi connectivity index (χ4v) is 3.51. The van der Waals surface area contributed by atoms with Crippen molar-refractivity contribution in [3.63, 3.8) is 0 Å². The minimum absolute atomic E-state index is 0.0212. The Kier molecular flexibility index (Phi) is 7.08. The average Bonchev–Trinajstić information content (AvgIpc) is 2.75. The Balaban J connectivity index is 1.43. The number of hydrogen-bond acceptors (Lipinski definition) is 4. The lowest BCUT2D eigenvalue weighted by Crippen LogP contribution is -3.14. The molecule has 1 aliphatic heterocycles. The number of piperidine rings is 1. The number of rotatable bonds is 7. The lowest BCUT2D eigenvalue weighted by molar-refractivity contribution is -0.897. The van der Waals surface area contributed by atoms with Crippen molar-refractivity contribution >= 4 is 17.5 Å². The molecule has 7 heteroatoms. The molecular formula is C22H28N3O4+. The van der Waals surface area contributed by atoms with E-state index in [1.54, 1.807) is 38.5 Å². The fraction of sp³-hybridized carbons (Fsp3) is 0.364. The molecule has 3 N–H and O–H groups in total. The van der Waals surface area contributed by atoms with E-state index < -0.39 is 0 Å². The van der Waals surface area contributed by atoms with Crippen molar-refractivity contribution in [1.29, 1.82) is 0 Å². The third-order valence-electron chi connectivity index (χ3n) is 5.12. The van der Waals surface area contributed by atoms with E-state index in [0.29, 0.717) is 23.6 Å².